The Bertz CT molecular complexity index is 792. The lowest BCUT2D eigenvalue weighted by molar-refractivity contribution is -0.116. The molecule has 0 atom stereocenters. The fourth-order valence-corrected chi connectivity index (χ4v) is 2.82. The molecule has 1 aliphatic rings. The largest absolute Gasteiger partial charge is 0.334 e. The van der Waals surface area contributed by atoms with Crippen LogP contribution in [0.15, 0.2) is 42.5 Å². The smallest absolute Gasteiger partial charge is 0.319 e. The van der Waals surface area contributed by atoms with Gasteiger partial charge in [-0.3, -0.25) is 4.79 Å². The Labute approximate surface area is 139 Å². The molecule has 0 radical (unpaired) electrons. The van der Waals surface area contributed by atoms with Crippen LogP contribution >= 0.6 is 0 Å². The van der Waals surface area contributed by atoms with E-state index in [1.165, 1.54) is 18.2 Å². The van der Waals surface area contributed by atoms with Gasteiger partial charge in [-0.25, -0.2) is 9.18 Å². The van der Waals surface area contributed by atoms with Gasteiger partial charge in [-0.05, 0) is 41.8 Å². The second-order valence-corrected chi connectivity index (χ2v) is 5.70. The normalized spacial score (nSPS) is 12.7. The number of anilines is 2. The van der Waals surface area contributed by atoms with E-state index in [9.17, 15) is 14.0 Å². The van der Waals surface area contributed by atoms with E-state index in [0.29, 0.717) is 18.8 Å². The molecule has 0 saturated heterocycles. The SMILES string of the molecule is CC(=O)N1CCc2cc(CNC(=O)Nc3cccc(F)c3)ccc21. The Morgan fingerprint density at radius 1 is 1.21 bits per heavy atom. The van der Waals surface area contributed by atoms with Crippen LogP contribution < -0.4 is 15.5 Å². The van der Waals surface area contributed by atoms with Crippen molar-refractivity contribution in [2.24, 2.45) is 0 Å². The molecule has 124 valence electrons. The lowest BCUT2D eigenvalue weighted by Gasteiger charge is -2.15. The third kappa shape index (κ3) is 3.53. The first kappa shape index (κ1) is 16.0. The maximum Gasteiger partial charge on any atom is 0.319 e. The summed E-state index contributed by atoms with van der Waals surface area (Å²) in [7, 11) is 0. The van der Waals surface area contributed by atoms with E-state index >= 15 is 0 Å². The van der Waals surface area contributed by atoms with Crippen LogP contribution in [0.25, 0.3) is 0 Å². The van der Waals surface area contributed by atoms with Gasteiger partial charge in [0.25, 0.3) is 0 Å². The van der Waals surface area contributed by atoms with Crippen LogP contribution in [0.5, 0.6) is 0 Å². The number of carbonyl (C=O) groups excluding carboxylic acids is 2. The molecule has 0 saturated carbocycles. The minimum atomic E-state index is -0.401. The van der Waals surface area contributed by atoms with E-state index in [1.54, 1.807) is 17.9 Å². The minimum absolute atomic E-state index is 0.0362. The fourth-order valence-electron chi connectivity index (χ4n) is 2.82. The zero-order chi connectivity index (χ0) is 17.1. The number of halogens is 1. The Hall–Kier alpha value is -2.89. The van der Waals surface area contributed by atoms with Gasteiger partial charge in [0.2, 0.25) is 5.91 Å². The van der Waals surface area contributed by atoms with E-state index in [2.05, 4.69) is 10.6 Å². The van der Waals surface area contributed by atoms with Gasteiger partial charge in [0, 0.05) is 31.4 Å². The van der Waals surface area contributed by atoms with E-state index in [4.69, 9.17) is 0 Å². The monoisotopic (exact) mass is 327 g/mol. The summed E-state index contributed by atoms with van der Waals surface area (Å²) >= 11 is 0. The molecule has 2 N–H and O–H groups in total. The highest BCUT2D eigenvalue weighted by Crippen LogP contribution is 2.28. The molecule has 2 aromatic rings. The average Bonchev–Trinajstić information content (AvgIpc) is 2.96. The molecule has 2 aromatic carbocycles. The van der Waals surface area contributed by atoms with Crippen LogP contribution in [0.2, 0.25) is 0 Å². The zero-order valence-corrected chi connectivity index (χ0v) is 13.3. The second-order valence-electron chi connectivity index (χ2n) is 5.70. The highest BCUT2D eigenvalue weighted by molar-refractivity contribution is 5.93. The maximum absolute atomic E-state index is 13.1. The molecule has 1 heterocycles. The summed E-state index contributed by atoms with van der Waals surface area (Å²) in [4.78, 5) is 25.2. The van der Waals surface area contributed by atoms with Crippen LogP contribution in [-0.2, 0) is 17.8 Å². The van der Waals surface area contributed by atoms with Gasteiger partial charge in [-0.2, -0.15) is 0 Å². The van der Waals surface area contributed by atoms with Crippen molar-refractivity contribution in [3.63, 3.8) is 0 Å². The van der Waals surface area contributed by atoms with Crippen molar-refractivity contribution in [3.8, 4) is 0 Å². The van der Waals surface area contributed by atoms with Gasteiger partial charge in [-0.15, -0.1) is 0 Å². The van der Waals surface area contributed by atoms with Crippen LogP contribution in [0.4, 0.5) is 20.6 Å². The molecule has 0 spiro atoms. The van der Waals surface area contributed by atoms with Crippen LogP contribution in [-0.4, -0.2) is 18.5 Å². The Morgan fingerprint density at radius 3 is 2.79 bits per heavy atom. The number of carbonyl (C=O) groups is 2. The predicted molar refractivity (Wildman–Crippen MR) is 90.4 cm³/mol. The molecule has 0 bridgehead atoms. The highest BCUT2D eigenvalue weighted by atomic mass is 19.1. The van der Waals surface area contributed by atoms with Crippen LogP contribution in [0.1, 0.15) is 18.1 Å². The molecule has 0 unspecified atom stereocenters. The Morgan fingerprint density at radius 2 is 2.04 bits per heavy atom. The van der Waals surface area contributed by atoms with E-state index in [0.717, 1.165) is 23.2 Å². The van der Waals surface area contributed by atoms with E-state index in [1.807, 2.05) is 18.2 Å². The number of urea groups is 1. The lowest BCUT2D eigenvalue weighted by Crippen LogP contribution is -2.28. The number of hydrogen-bond donors (Lipinski definition) is 2. The third-order valence-electron chi connectivity index (χ3n) is 3.96. The van der Waals surface area contributed by atoms with Crippen molar-refractivity contribution in [1.82, 2.24) is 5.32 Å². The van der Waals surface area contributed by atoms with Crippen LogP contribution in [0.3, 0.4) is 0 Å². The summed E-state index contributed by atoms with van der Waals surface area (Å²) < 4.78 is 13.1. The molecular formula is C18H18FN3O2. The molecule has 0 aromatic heterocycles. The fraction of sp³-hybridized carbons (Fsp3) is 0.222. The quantitative estimate of drug-likeness (QED) is 0.910. The first-order chi connectivity index (χ1) is 11.5. The third-order valence-corrected chi connectivity index (χ3v) is 3.96. The molecule has 3 rings (SSSR count). The number of amides is 3. The van der Waals surface area contributed by atoms with Crippen molar-refractivity contribution in [2.45, 2.75) is 19.9 Å². The van der Waals surface area contributed by atoms with Crippen molar-refractivity contribution in [2.75, 3.05) is 16.8 Å². The number of benzene rings is 2. The van der Waals surface area contributed by atoms with Crippen LogP contribution in [0, 0.1) is 5.82 Å². The molecule has 6 heteroatoms. The summed E-state index contributed by atoms with van der Waals surface area (Å²) in [6.45, 7) is 2.61. The molecule has 3 amide bonds. The van der Waals surface area contributed by atoms with Crippen molar-refractivity contribution >= 4 is 23.3 Å². The molecule has 1 aliphatic heterocycles. The average molecular weight is 327 g/mol. The molecule has 24 heavy (non-hydrogen) atoms. The number of hydrogen-bond acceptors (Lipinski definition) is 2. The molecule has 0 aliphatic carbocycles. The standard InChI is InChI=1S/C18H18FN3O2/c1-12(23)22-8-7-14-9-13(5-6-17(14)22)11-20-18(24)21-16-4-2-3-15(19)10-16/h2-6,9-10H,7-8,11H2,1H3,(H2,20,21,24). The minimum Gasteiger partial charge on any atom is -0.334 e. The molecule has 0 fully saturated rings. The topological polar surface area (TPSA) is 61.4 Å². The summed E-state index contributed by atoms with van der Waals surface area (Å²) in [5.41, 5.74) is 3.40. The van der Waals surface area contributed by atoms with Crippen molar-refractivity contribution in [1.29, 1.82) is 0 Å². The first-order valence-corrected chi connectivity index (χ1v) is 7.73. The summed E-state index contributed by atoms with van der Waals surface area (Å²) in [6, 6.07) is 11.1. The number of rotatable bonds is 3. The molecular weight excluding hydrogens is 309 g/mol. The highest BCUT2D eigenvalue weighted by Gasteiger charge is 2.22. The van der Waals surface area contributed by atoms with Gasteiger partial charge in [0.15, 0.2) is 0 Å². The van der Waals surface area contributed by atoms with E-state index < -0.39 is 11.8 Å². The Kier molecular flexibility index (Phi) is 4.46. The second kappa shape index (κ2) is 6.70. The summed E-state index contributed by atoms with van der Waals surface area (Å²) in [5.74, 6) is -0.365. The maximum atomic E-state index is 13.1. The van der Waals surface area contributed by atoms with Crippen molar-refractivity contribution in [3.05, 3.63) is 59.4 Å². The number of fused-ring (bicyclic) bond motifs is 1. The number of nitrogens with one attached hydrogen (secondary N) is 2. The lowest BCUT2D eigenvalue weighted by atomic mass is 10.1. The molecule has 5 nitrogen and oxygen atoms in total. The van der Waals surface area contributed by atoms with Gasteiger partial charge >= 0.3 is 6.03 Å². The Balaban J connectivity index is 1.59. The number of nitrogens with zero attached hydrogens (tertiary/aromatic N) is 1. The zero-order valence-electron chi connectivity index (χ0n) is 13.3. The first-order valence-electron chi connectivity index (χ1n) is 7.73. The van der Waals surface area contributed by atoms with Gasteiger partial charge < -0.3 is 15.5 Å². The van der Waals surface area contributed by atoms with Gasteiger partial charge in [-0.1, -0.05) is 18.2 Å². The van der Waals surface area contributed by atoms with E-state index in [-0.39, 0.29) is 5.91 Å². The van der Waals surface area contributed by atoms with Gasteiger partial charge in [0.05, 0.1) is 0 Å². The predicted octanol–water partition coefficient (Wildman–Crippen LogP) is 3.06. The van der Waals surface area contributed by atoms with Crippen molar-refractivity contribution < 1.29 is 14.0 Å². The van der Waals surface area contributed by atoms with Gasteiger partial charge in [0.1, 0.15) is 5.82 Å². The summed E-state index contributed by atoms with van der Waals surface area (Å²) in [6.07, 6.45) is 0.818. The summed E-state index contributed by atoms with van der Waals surface area (Å²) in [5, 5.41) is 5.32.